The number of anilines is 2. The second-order valence-corrected chi connectivity index (χ2v) is 3.86. The molecule has 3 nitrogen and oxygen atoms in total. The van der Waals surface area contributed by atoms with Crippen molar-refractivity contribution in [2.24, 2.45) is 0 Å². The first-order valence-electron chi connectivity index (χ1n) is 4.28. The fourth-order valence-electron chi connectivity index (χ4n) is 0.983. The van der Waals surface area contributed by atoms with Gasteiger partial charge in [-0.1, -0.05) is 36.8 Å². The summed E-state index contributed by atoms with van der Waals surface area (Å²) in [7, 11) is 0. The van der Waals surface area contributed by atoms with Crippen molar-refractivity contribution in [1.82, 2.24) is 4.98 Å². The number of nitrogen functional groups attached to an aromatic ring is 2. The predicted molar refractivity (Wildman–Crippen MR) is 64.8 cm³/mol. The molecule has 14 heavy (non-hydrogen) atoms. The van der Waals surface area contributed by atoms with Crippen LogP contribution < -0.4 is 11.5 Å². The van der Waals surface area contributed by atoms with Gasteiger partial charge in [-0.3, -0.25) is 0 Å². The smallest absolute Gasteiger partial charge is 0.181 e. The van der Waals surface area contributed by atoms with E-state index in [1.54, 1.807) is 12.1 Å². The lowest BCUT2D eigenvalue weighted by Gasteiger charge is -1.94. The third kappa shape index (κ3) is 2.08. The maximum absolute atomic E-state index is 5.81. The molecule has 0 bridgehead atoms. The summed E-state index contributed by atoms with van der Waals surface area (Å²) in [6, 6.07) is 3.50. The van der Waals surface area contributed by atoms with Gasteiger partial charge in [0, 0.05) is 0 Å². The molecule has 0 aliphatic heterocycles. The van der Waals surface area contributed by atoms with Crippen LogP contribution in [0.3, 0.4) is 0 Å². The molecule has 76 valence electrons. The highest BCUT2D eigenvalue weighted by Crippen LogP contribution is 2.30. The van der Waals surface area contributed by atoms with Crippen molar-refractivity contribution in [2.75, 3.05) is 11.5 Å². The van der Waals surface area contributed by atoms with Gasteiger partial charge < -0.3 is 11.5 Å². The first-order chi connectivity index (χ1) is 6.66. The molecule has 2 rings (SSSR count). The number of hydrogen-bond acceptors (Lipinski definition) is 4. The summed E-state index contributed by atoms with van der Waals surface area (Å²) in [5.41, 5.74) is 12.4. The molecule has 1 heterocycles. The highest BCUT2D eigenvalue weighted by Gasteiger charge is 2.03. The number of benzene rings is 1. The van der Waals surface area contributed by atoms with Gasteiger partial charge in [0.1, 0.15) is 0 Å². The Morgan fingerprint density at radius 2 is 1.93 bits per heavy atom. The number of aromatic nitrogens is 1. The molecule has 0 fully saturated rings. The Hall–Kier alpha value is -1.000. The molecule has 0 aliphatic carbocycles. The lowest BCUT2D eigenvalue weighted by atomic mass is 10.3. The van der Waals surface area contributed by atoms with Gasteiger partial charge in [0.2, 0.25) is 0 Å². The van der Waals surface area contributed by atoms with Crippen molar-refractivity contribution < 1.29 is 0 Å². The Morgan fingerprint density at radius 1 is 1.29 bits per heavy atom. The quantitative estimate of drug-likeness (QED) is 0.682. The highest BCUT2D eigenvalue weighted by atomic mass is 35.5. The van der Waals surface area contributed by atoms with Crippen LogP contribution >= 0.6 is 22.9 Å². The molecule has 5 heteroatoms. The van der Waals surface area contributed by atoms with Crippen LogP contribution in [0.4, 0.5) is 10.8 Å². The fraction of sp³-hybridized carbons (Fsp3) is 0.222. The number of fused-ring (bicyclic) bond motifs is 1. The average Bonchev–Trinajstić information content (AvgIpc) is 2.49. The van der Waals surface area contributed by atoms with Crippen molar-refractivity contribution in [1.29, 1.82) is 0 Å². The minimum Gasteiger partial charge on any atom is -0.397 e. The first-order valence-corrected chi connectivity index (χ1v) is 5.47. The van der Waals surface area contributed by atoms with E-state index in [9.17, 15) is 0 Å². The zero-order chi connectivity index (χ0) is 10.7. The molecule has 0 saturated heterocycles. The summed E-state index contributed by atoms with van der Waals surface area (Å²) in [6.07, 6.45) is 0. The molecule has 1 aromatic heterocycles. The normalized spacial score (nSPS) is 9.64. The van der Waals surface area contributed by atoms with Crippen LogP contribution in [-0.4, -0.2) is 4.98 Å². The molecular weight excluding hydrogens is 218 g/mol. The van der Waals surface area contributed by atoms with E-state index in [0.29, 0.717) is 15.8 Å². The monoisotopic (exact) mass is 229 g/mol. The minimum absolute atomic E-state index is 0.534. The van der Waals surface area contributed by atoms with E-state index in [4.69, 9.17) is 23.1 Å². The molecule has 4 N–H and O–H groups in total. The van der Waals surface area contributed by atoms with Crippen LogP contribution in [0.2, 0.25) is 5.02 Å². The Bertz CT molecular complexity index is 400. The van der Waals surface area contributed by atoms with E-state index in [1.165, 1.54) is 11.3 Å². The van der Waals surface area contributed by atoms with E-state index >= 15 is 0 Å². The second kappa shape index (κ2) is 4.48. The maximum atomic E-state index is 5.81. The Balaban J connectivity index is 0.000000461. The molecule has 0 spiro atoms. The van der Waals surface area contributed by atoms with Crippen molar-refractivity contribution in [2.45, 2.75) is 13.8 Å². The van der Waals surface area contributed by atoms with E-state index < -0.39 is 0 Å². The number of hydrogen-bond donors (Lipinski definition) is 2. The molecule has 0 unspecified atom stereocenters. The Labute approximate surface area is 91.7 Å². The van der Waals surface area contributed by atoms with Crippen LogP contribution in [0.5, 0.6) is 0 Å². The largest absolute Gasteiger partial charge is 0.397 e. The van der Waals surface area contributed by atoms with Crippen molar-refractivity contribution >= 4 is 44.0 Å². The number of halogens is 1. The van der Waals surface area contributed by atoms with Gasteiger partial charge in [0.05, 0.1) is 20.9 Å². The molecule has 0 saturated carbocycles. The molecule has 0 atom stereocenters. The van der Waals surface area contributed by atoms with Gasteiger partial charge in [-0.25, -0.2) is 4.98 Å². The third-order valence-corrected chi connectivity index (χ3v) is 2.70. The van der Waals surface area contributed by atoms with E-state index in [-0.39, 0.29) is 0 Å². The lowest BCUT2D eigenvalue weighted by molar-refractivity contribution is 1.50. The fourth-order valence-corrected chi connectivity index (χ4v) is 1.97. The molecular formula is C9H12ClN3S. The summed E-state index contributed by atoms with van der Waals surface area (Å²) in [4.78, 5) is 4.07. The minimum atomic E-state index is 0.534. The van der Waals surface area contributed by atoms with Crippen LogP contribution in [0.15, 0.2) is 12.1 Å². The number of nitrogens with zero attached hydrogens (tertiary/aromatic N) is 1. The van der Waals surface area contributed by atoms with E-state index in [1.807, 2.05) is 13.8 Å². The number of rotatable bonds is 0. The standard InChI is InChI=1S/C7H6ClN3S.C2H6/c8-3-1-6-5(2-4(3)9)11-7(10)12-6;1-2/h1-2H,9H2,(H2,10,11);1-2H3. The van der Waals surface area contributed by atoms with Gasteiger partial charge in [0.15, 0.2) is 5.13 Å². The Kier molecular flexibility index (Phi) is 3.55. The second-order valence-electron chi connectivity index (χ2n) is 2.39. The van der Waals surface area contributed by atoms with Crippen LogP contribution in [0, 0.1) is 0 Å². The zero-order valence-corrected chi connectivity index (χ0v) is 9.62. The summed E-state index contributed by atoms with van der Waals surface area (Å²) < 4.78 is 0.965. The molecule has 1 aromatic carbocycles. The van der Waals surface area contributed by atoms with Gasteiger partial charge >= 0.3 is 0 Å². The van der Waals surface area contributed by atoms with Gasteiger partial charge in [0.25, 0.3) is 0 Å². The summed E-state index contributed by atoms with van der Waals surface area (Å²) in [5, 5.41) is 1.08. The van der Waals surface area contributed by atoms with Gasteiger partial charge in [-0.15, -0.1) is 0 Å². The van der Waals surface area contributed by atoms with Crippen LogP contribution in [-0.2, 0) is 0 Å². The SMILES string of the molecule is CC.Nc1nc2cc(N)c(Cl)cc2s1. The summed E-state index contributed by atoms with van der Waals surface area (Å²) in [6.45, 7) is 4.00. The van der Waals surface area contributed by atoms with Crippen molar-refractivity contribution in [3.8, 4) is 0 Å². The van der Waals surface area contributed by atoms with Gasteiger partial charge in [-0.2, -0.15) is 0 Å². The van der Waals surface area contributed by atoms with Crippen LogP contribution in [0.1, 0.15) is 13.8 Å². The molecule has 0 radical (unpaired) electrons. The van der Waals surface area contributed by atoms with Crippen molar-refractivity contribution in [3.63, 3.8) is 0 Å². The maximum Gasteiger partial charge on any atom is 0.181 e. The number of thiazole rings is 1. The lowest BCUT2D eigenvalue weighted by Crippen LogP contribution is -1.85. The van der Waals surface area contributed by atoms with Crippen LogP contribution in [0.25, 0.3) is 10.2 Å². The molecule has 2 aromatic rings. The number of nitrogens with two attached hydrogens (primary N) is 2. The van der Waals surface area contributed by atoms with Crippen molar-refractivity contribution in [3.05, 3.63) is 17.2 Å². The third-order valence-electron chi connectivity index (χ3n) is 1.52. The molecule has 0 amide bonds. The summed E-state index contributed by atoms with van der Waals surface area (Å²) >= 11 is 7.21. The first kappa shape index (κ1) is 11.1. The molecule has 0 aliphatic rings. The zero-order valence-electron chi connectivity index (χ0n) is 8.04. The Morgan fingerprint density at radius 3 is 2.57 bits per heavy atom. The topological polar surface area (TPSA) is 64.9 Å². The van der Waals surface area contributed by atoms with E-state index in [0.717, 1.165) is 10.2 Å². The predicted octanol–water partition coefficient (Wildman–Crippen LogP) is 3.14. The van der Waals surface area contributed by atoms with E-state index in [2.05, 4.69) is 4.98 Å². The highest BCUT2D eigenvalue weighted by molar-refractivity contribution is 7.22. The summed E-state index contributed by atoms with van der Waals surface area (Å²) in [5.74, 6) is 0. The van der Waals surface area contributed by atoms with Gasteiger partial charge in [-0.05, 0) is 12.1 Å². The average molecular weight is 230 g/mol.